The number of ether oxygens (including phenoxy) is 1. The van der Waals surface area contributed by atoms with Gasteiger partial charge in [-0.1, -0.05) is 18.2 Å². The number of benzene rings is 3. The van der Waals surface area contributed by atoms with Gasteiger partial charge in [0, 0.05) is 41.2 Å². The summed E-state index contributed by atoms with van der Waals surface area (Å²) >= 11 is 0. The summed E-state index contributed by atoms with van der Waals surface area (Å²) in [5.74, 6) is 0.765. The first kappa shape index (κ1) is 24.5. The van der Waals surface area contributed by atoms with Crippen LogP contribution in [0.25, 0.3) is 0 Å². The molecule has 37 heavy (non-hydrogen) atoms. The van der Waals surface area contributed by atoms with Crippen molar-refractivity contribution < 1.29 is 14.6 Å². The van der Waals surface area contributed by atoms with Crippen molar-refractivity contribution in [2.45, 2.75) is 0 Å². The molecule has 3 N–H and O–H groups in total. The number of aromatic nitrogens is 3. The number of hydrazone groups is 1. The van der Waals surface area contributed by atoms with Gasteiger partial charge in [0.1, 0.15) is 5.75 Å². The molecule has 0 unspecified atom stereocenters. The highest BCUT2D eigenvalue weighted by Gasteiger charge is 2.11. The third-order valence-electron chi connectivity index (χ3n) is 4.79. The molecule has 1 aromatic heterocycles. The number of nitro benzene ring substituents is 2. The molecule has 14 heteroatoms. The smallest absolute Gasteiger partial charge is 0.270 e. The van der Waals surface area contributed by atoms with Gasteiger partial charge in [-0.05, 0) is 30.3 Å². The predicted octanol–water partition coefficient (Wildman–Crippen LogP) is 4.63. The Bertz CT molecular complexity index is 1450. The zero-order valence-electron chi connectivity index (χ0n) is 19.2. The Balaban J connectivity index is 1.60. The second-order valence-electron chi connectivity index (χ2n) is 7.28. The van der Waals surface area contributed by atoms with Gasteiger partial charge in [0.25, 0.3) is 11.4 Å². The van der Waals surface area contributed by atoms with Gasteiger partial charge in [0.15, 0.2) is 0 Å². The molecule has 0 radical (unpaired) electrons. The number of anilines is 5. The Morgan fingerprint density at radius 1 is 0.784 bits per heavy atom. The summed E-state index contributed by atoms with van der Waals surface area (Å²) in [6.45, 7) is 0. The van der Waals surface area contributed by atoms with Crippen LogP contribution in [0.2, 0.25) is 0 Å². The van der Waals surface area contributed by atoms with Crippen LogP contribution in [0.3, 0.4) is 0 Å². The molecule has 0 saturated carbocycles. The summed E-state index contributed by atoms with van der Waals surface area (Å²) in [5, 5.41) is 32.1. The van der Waals surface area contributed by atoms with Crippen molar-refractivity contribution in [3.8, 4) is 5.75 Å². The maximum absolute atomic E-state index is 11.1. The van der Waals surface area contributed by atoms with E-state index in [9.17, 15) is 20.2 Å². The van der Waals surface area contributed by atoms with Crippen LogP contribution in [0.15, 0.2) is 77.9 Å². The number of nitrogens with one attached hydrogen (secondary N) is 3. The highest BCUT2D eigenvalue weighted by atomic mass is 16.6. The number of hydrogen-bond donors (Lipinski definition) is 3. The lowest BCUT2D eigenvalue weighted by Gasteiger charge is -2.10. The van der Waals surface area contributed by atoms with Crippen LogP contribution in [0, 0.1) is 20.2 Å². The van der Waals surface area contributed by atoms with E-state index in [0.717, 1.165) is 5.69 Å². The molecular weight excluding hydrogens is 482 g/mol. The summed E-state index contributed by atoms with van der Waals surface area (Å²) < 4.78 is 5.23. The molecule has 186 valence electrons. The topological polar surface area (TPSA) is 183 Å². The molecule has 0 aliphatic carbocycles. The standard InChI is InChI=1S/C23H19N9O5/c1-37-20-12-11-19(32(35)36)13-15(20)14-24-30-23-28-21(25-16-5-3-2-4-6-16)27-22(29-23)26-17-7-9-18(10-8-17)31(33)34/h2-14H,1H3,(H3,25,26,27,28,29,30)/b24-14-. The molecule has 4 rings (SSSR count). The first-order valence-electron chi connectivity index (χ1n) is 10.6. The highest BCUT2D eigenvalue weighted by molar-refractivity contribution is 5.85. The first-order chi connectivity index (χ1) is 17.9. The van der Waals surface area contributed by atoms with E-state index in [4.69, 9.17) is 4.74 Å². The first-order valence-corrected chi connectivity index (χ1v) is 10.6. The zero-order chi connectivity index (χ0) is 26.2. The Morgan fingerprint density at radius 2 is 1.35 bits per heavy atom. The van der Waals surface area contributed by atoms with Crippen molar-refractivity contribution in [2.24, 2.45) is 5.10 Å². The van der Waals surface area contributed by atoms with Crippen molar-refractivity contribution in [1.29, 1.82) is 0 Å². The van der Waals surface area contributed by atoms with Crippen LogP contribution in [-0.2, 0) is 0 Å². The summed E-state index contributed by atoms with van der Waals surface area (Å²) in [6, 6.07) is 19.1. The van der Waals surface area contributed by atoms with E-state index in [1.54, 1.807) is 0 Å². The SMILES string of the molecule is COc1ccc([N+](=O)[O-])cc1/C=N\Nc1nc(Nc2ccccc2)nc(Nc2ccc([N+](=O)[O-])cc2)n1. The van der Waals surface area contributed by atoms with Crippen LogP contribution < -0.4 is 20.8 Å². The van der Waals surface area contributed by atoms with E-state index in [1.165, 1.54) is 55.8 Å². The van der Waals surface area contributed by atoms with Gasteiger partial charge in [0.2, 0.25) is 17.8 Å². The minimum Gasteiger partial charge on any atom is -0.496 e. The highest BCUT2D eigenvalue weighted by Crippen LogP contribution is 2.23. The van der Waals surface area contributed by atoms with E-state index in [2.05, 4.69) is 36.1 Å². The van der Waals surface area contributed by atoms with E-state index >= 15 is 0 Å². The normalized spacial score (nSPS) is 10.6. The number of non-ortho nitro benzene ring substituents is 2. The minimum absolute atomic E-state index is 0.0542. The molecule has 3 aromatic carbocycles. The summed E-state index contributed by atoms with van der Waals surface area (Å²) in [6.07, 6.45) is 1.34. The molecule has 0 bridgehead atoms. The molecule has 4 aromatic rings. The average Bonchev–Trinajstić information content (AvgIpc) is 2.89. The van der Waals surface area contributed by atoms with Gasteiger partial charge in [0.05, 0.1) is 23.2 Å². The molecule has 0 fully saturated rings. The molecule has 0 atom stereocenters. The second kappa shape index (κ2) is 11.2. The number of nitro groups is 2. The van der Waals surface area contributed by atoms with Crippen molar-refractivity contribution in [3.05, 3.63) is 98.6 Å². The monoisotopic (exact) mass is 501 g/mol. The number of methoxy groups -OCH3 is 1. The summed E-state index contributed by atoms with van der Waals surface area (Å²) in [5.41, 5.74) is 4.11. The van der Waals surface area contributed by atoms with Gasteiger partial charge in [-0.25, -0.2) is 5.43 Å². The van der Waals surface area contributed by atoms with Gasteiger partial charge in [-0.2, -0.15) is 20.1 Å². The lowest BCUT2D eigenvalue weighted by atomic mass is 10.2. The fraction of sp³-hybridized carbons (Fsp3) is 0.0435. The van der Waals surface area contributed by atoms with Crippen molar-refractivity contribution >= 4 is 46.8 Å². The van der Waals surface area contributed by atoms with Crippen LogP contribution in [0.5, 0.6) is 5.75 Å². The van der Waals surface area contributed by atoms with E-state index in [1.807, 2.05) is 30.3 Å². The largest absolute Gasteiger partial charge is 0.496 e. The Morgan fingerprint density at radius 3 is 1.95 bits per heavy atom. The maximum Gasteiger partial charge on any atom is 0.270 e. The lowest BCUT2D eigenvalue weighted by Crippen LogP contribution is -2.07. The molecule has 0 spiro atoms. The van der Waals surface area contributed by atoms with Crippen LogP contribution in [0.1, 0.15) is 5.56 Å². The Kier molecular flexibility index (Phi) is 7.39. The second-order valence-corrected chi connectivity index (χ2v) is 7.28. The Hall–Kier alpha value is -5.66. The molecule has 1 heterocycles. The van der Waals surface area contributed by atoms with Gasteiger partial charge in [-0.3, -0.25) is 20.2 Å². The third kappa shape index (κ3) is 6.48. The van der Waals surface area contributed by atoms with Gasteiger partial charge in [-0.15, -0.1) is 0 Å². The fourth-order valence-corrected chi connectivity index (χ4v) is 3.08. The molecule has 0 amide bonds. The van der Waals surface area contributed by atoms with E-state index < -0.39 is 9.85 Å². The van der Waals surface area contributed by atoms with E-state index in [0.29, 0.717) is 17.0 Å². The van der Waals surface area contributed by atoms with Crippen molar-refractivity contribution in [2.75, 3.05) is 23.2 Å². The summed E-state index contributed by atoms with van der Waals surface area (Å²) in [4.78, 5) is 33.9. The maximum atomic E-state index is 11.1. The fourth-order valence-electron chi connectivity index (χ4n) is 3.08. The Labute approximate surface area is 209 Å². The lowest BCUT2D eigenvalue weighted by molar-refractivity contribution is -0.385. The number of rotatable bonds is 10. The molecule has 14 nitrogen and oxygen atoms in total. The van der Waals surface area contributed by atoms with Crippen LogP contribution >= 0.6 is 0 Å². The van der Waals surface area contributed by atoms with Crippen molar-refractivity contribution in [3.63, 3.8) is 0 Å². The van der Waals surface area contributed by atoms with Gasteiger partial charge >= 0.3 is 0 Å². The molecule has 0 aliphatic rings. The van der Waals surface area contributed by atoms with E-state index in [-0.39, 0.29) is 29.2 Å². The third-order valence-corrected chi connectivity index (χ3v) is 4.79. The predicted molar refractivity (Wildman–Crippen MR) is 137 cm³/mol. The number of nitrogens with zero attached hydrogens (tertiary/aromatic N) is 6. The minimum atomic E-state index is -0.520. The zero-order valence-corrected chi connectivity index (χ0v) is 19.2. The molecule has 0 saturated heterocycles. The average molecular weight is 501 g/mol. The van der Waals surface area contributed by atoms with Crippen LogP contribution in [-0.4, -0.2) is 38.1 Å². The number of hydrogen-bond acceptors (Lipinski definition) is 12. The van der Waals surface area contributed by atoms with Crippen LogP contribution in [0.4, 0.5) is 40.6 Å². The number of para-hydroxylation sites is 1. The molecule has 0 aliphatic heterocycles. The quantitative estimate of drug-likeness (QED) is 0.156. The summed E-state index contributed by atoms with van der Waals surface area (Å²) in [7, 11) is 1.44. The van der Waals surface area contributed by atoms with Gasteiger partial charge < -0.3 is 15.4 Å². The van der Waals surface area contributed by atoms with Crippen molar-refractivity contribution in [1.82, 2.24) is 15.0 Å². The molecular formula is C23H19N9O5.